The smallest absolute Gasteiger partial charge is 0.227 e. The number of aromatic hydroxyl groups is 1. The minimum absolute atomic E-state index is 0.0143. The van der Waals surface area contributed by atoms with Crippen molar-refractivity contribution >= 4 is 22.6 Å². The first kappa shape index (κ1) is 14.3. The molecule has 3 aromatic carbocycles. The van der Waals surface area contributed by atoms with Crippen LogP contribution in [0.25, 0.3) is 28.0 Å². The van der Waals surface area contributed by atoms with Crippen LogP contribution in [0.3, 0.4) is 0 Å². The molecule has 0 aromatic heterocycles. The molecule has 0 atom stereocenters. The fourth-order valence-electron chi connectivity index (χ4n) is 3.22. The normalized spacial score (nSPS) is 13.0. The van der Waals surface area contributed by atoms with Gasteiger partial charge in [-0.05, 0) is 34.9 Å². The molecule has 118 valence electrons. The molecule has 0 spiro atoms. The molecule has 4 rings (SSSR count). The highest BCUT2D eigenvalue weighted by Gasteiger charge is 2.26. The SMILES string of the molecule is COc1cc2c3c(ccc(-c4ccccc4)c3c1O)C(=O)C(O)=C2. The zero-order chi connectivity index (χ0) is 16.8. The number of carbonyl (C=O) groups is 1. The van der Waals surface area contributed by atoms with Crippen LogP contribution in [0.1, 0.15) is 15.9 Å². The maximum absolute atomic E-state index is 12.3. The first-order chi connectivity index (χ1) is 11.6. The third kappa shape index (κ3) is 1.90. The molecule has 0 heterocycles. The number of phenolic OH excluding ortho intramolecular Hbond substituents is 1. The van der Waals surface area contributed by atoms with Gasteiger partial charge in [0, 0.05) is 16.3 Å². The number of aliphatic hydroxyl groups is 1. The summed E-state index contributed by atoms with van der Waals surface area (Å²) in [5.74, 6) is -0.481. The molecule has 0 aliphatic heterocycles. The van der Waals surface area contributed by atoms with Crippen molar-refractivity contribution < 1.29 is 19.7 Å². The summed E-state index contributed by atoms with van der Waals surface area (Å²) in [5, 5.41) is 21.8. The Morgan fingerprint density at radius 2 is 1.62 bits per heavy atom. The number of allylic oxidation sites excluding steroid dienone is 1. The van der Waals surface area contributed by atoms with E-state index >= 15 is 0 Å². The van der Waals surface area contributed by atoms with Crippen molar-refractivity contribution in [1.82, 2.24) is 0 Å². The van der Waals surface area contributed by atoms with Crippen molar-refractivity contribution in [2.75, 3.05) is 7.11 Å². The van der Waals surface area contributed by atoms with Gasteiger partial charge < -0.3 is 14.9 Å². The lowest BCUT2D eigenvalue weighted by Crippen LogP contribution is -2.09. The molecule has 0 amide bonds. The second-order valence-electron chi connectivity index (χ2n) is 5.65. The zero-order valence-electron chi connectivity index (χ0n) is 12.9. The van der Waals surface area contributed by atoms with E-state index in [9.17, 15) is 15.0 Å². The van der Waals surface area contributed by atoms with Crippen molar-refractivity contribution in [3.05, 3.63) is 65.4 Å². The predicted octanol–water partition coefficient (Wildman–Crippen LogP) is 4.32. The molecule has 4 nitrogen and oxygen atoms in total. The van der Waals surface area contributed by atoms with E-state index < -0.39 is 5.78 Å². The molecule has 0 saturated carbocycles. The van der Waals surface area contributed by atoms with Crippen molar-refractivity contribution in [1.29, 1.82) is 0 Å². The van der Waals surface area contributed by atoms with Gasteiger partial charge in [0.05, 0.1) is 7.11 Å². The standard InChI is InChI=1S/C20H14O4/c1-24-16-10-12-9-15(21)19(22)14-8-7-13(11-5-3-2-4-6-11)18(17(12)14)20(16)23/h2-10,21,23H,1H3. The lowest BCUT2D eigenvalue weighted by Gasteiger charge is -2.19. The summed E-state index contributed by atoms with van der Waals surface area (Å²) < 4.78 is 5.27. The maximum Gasteiger partial charge on any atom is 0.227 e. The van der Waals surface area contributed by atoms with Crippen LogP contribution in [0, 0.1) is 0 Å². The van der Waals surface area contributed by atoms with Crippen LogP contribution in [0.5, 0.6) is 11.5 Å². The molecule has 3 aromatic rings. The van der Waals surface area contributed by atoms with Gasteiger partial charge in [0.25, 0.3) is 0 Å². The van der Waals surface area contributed by atoms with Crippen molar-refractivity contribution in [2.24, 2.45) is 0 Å². The largest absolute Gasteiger partial charge is 0.504 e. The Bertz CT molecular complexity index is 1020. The fraction of sp³-hybridized carbons (Fsp3) is 0.0500. The lowest BCUT2D eigenvalue weighted by atomic mass is 9.86. The average molecular weight is 318 g/mol. The van der Waals surface area contributed by atoms with Gasteiger partial charge >= 0.3 is 0 Å². The number of methoxy groups -OCH3 is 1. The molecule has 0 fully saturated rings. The summed E-state index contributed by atoms with van der Waals surface area (Å²) in [6.45, 7) is 0. The highest BCUT2D eigenvalue weighted by molar-refractivity contribution is 6.24. The van der Waals surface area contributed by atoms with Crippen LogP contribution in [-0.4, -0.2) is 23.1 Å². The Labute approximate surface area is 138 Å². The zero-order valence-corrected chi connectivity index (χ0v) is 12.9. The van der Waals surface area contributed by atoms with Crippen LogP contribution in [0.15, 0.2) is 54.3 Å². The predicted molar refractivity (Wildman–Crippen MR) is 92.5 cm³/mol. The van der Waals surface area contributed by atoms with Crippen LogP contribution < -0.4 is 4.74 Å². The van der Waals surface area contributed by atoms with E-state index in [-0.39, 0.29) is 11.5 Å². The lowest BCUT2D eigenvalue weighted by molar-refractivity contribution is 0.0981. The van der Waals surface area contributed by atoms with Gasteiger partial charge in [-0.25, -0.2) is 0 Å². The number of rotatable bonds is 2. The molecule has 0 radical (unpaired) electrons. The van der Waals surface area contributed by atoms with E-state index in [2.05, 4.69) is 0 Å². The van der Waals surface area contributed by atoms with Gasteiger partial charge in [0.1, 0.15) is 0 Å². The van der Waals surface area contributed by atoms with E-state index in [0.717, 1.165) is 11.1 Å². The van der Waals surface area contributed by atoms with Crippen molar-refractivity contribution in [3.63, 3.8) is 0 Å². The number of aliphatic hydroxyl groups excluding tert-OH is 1. The second kappa shape index (κ2) is 5.13. The summed E-state index contributed by atoms with van der Waals surface area (Å²) >= 11 is 0. The van der Waals surface area contributed by atoms with E-state index in [0.29, 0.717) is 27.6 Å². The minimum atomic E-state index is -0.448. The first-order valence-electron chi connectivity index (χ1n) is 7.49. The van der Waals surface area contributed by atoms with Crippen molar-refractivity contribution in [2.45, 2.75) is 0 Å². The van der Waals surface area contributed by atoms with Crippen molar-refractivity contribution in [3.8, 4) is 22.6 Å². The molecule has 0 saturated heterocycles. The van der Waals surface area contributed by atoms with Gasteiger partial charge in [-0.15, -0.1) is 0 Å². The summed E-state index contributed by atoms with van der Waals surface area (Å²) in [6.07, 6.45) is 1.41. The molecule has 4 heteroatoms. The van der Waals surface area contributed by atoms with Crippen LogP contribution in [-0.2, 0) is 0 Å². The first-order valence-corrected chi connectivity index (χ1v) is 7.49. The summed E-state index contributed by atoms with van der Waals surface area (Å²) in [4.78, 5) is 12.3. The van der Waals surface area contributed by atoms with E-state index in [1.54, 1.807) is 18.2 Å². The second-order valence-corrected chi connectivity index (χ2v) is 5.65. The van der Waals surface area contributed by atoms with Crippen LogP contribution in [0.2, 0.25) is 0 Å². The molecule has 1 aliphatic rings. The third-order valence-electron chi connectivity index (χ3n) is 4.33. The van der Waals surface area contributed by atoms with E-state index in [1.807, 2.05) is 30.3 Å². The number of ketones is 1. The number of carbonyl (C=O) groups excluding carboxylic acids is 1. The number of hydrogen-bond donors (Lipinski definition) is 2. The van der Waals surface area contributed by atoms with Gasteiger partial charge in [0.2, 0.25) is 5.78 Å². The third-order valence-corrected chi connectivity index (χ3v) is 4.33. The summed E-state index contributed by atoms with van der Waals surface area (Å²) in [7, 11) is 1.47. The Morgan fingerprint density at radius 3 is 2.33 bits per heavy atom. The molecule has 24 heavy (non-hydrogen) atoms. The van der Waals surface area contributed by atoms with Crippen LogP contribution in [0.4, 0.5) is 0 Å². The monoisotopic (exact) mass is 318 g/mol. The van der Waals surface area contributed by atoms with Gasteiger partial charge in [-0.2, -0.15) is 0 Å². The summed E-state index contributed by atoms with van der Waals surface area (Å²) in [5.41, 5.74) is 2.74. The molecular weight excluding hydrogens is 304 g/mol. The number of phenols is 1. The summed E-state index contributed by atoms with van der Waals surface area (Å²) in [6, 6.07) is 14.7. The highest BCUT2D eigenvalue weighted by atomic mass is 16.5. The number of Topliss-reactive ketones (excluding diaryl/α,β-unsaturated/α-hetero) is 1. The number of hydrogen-bond acceptors (Lipinski definition) is 4. The Kier molecular flexibility index (Phi) is 3.06. The quantitative estimate of drug-likeness (QED) is 0.738. The number of benzene rings is 3. The van der Waals surface area contributed by atoms with E-state index in [1.165, 1.54) is 13.2 Å². The Hall–Kier alpha value is -3.27. The molecule has 0 bridgehead atoms. The topological polar surface area (TPSA) is 66.8 Å². The van der Waals surface area contributed by atoms with Gasteiger partial charge in [-0.1, -0.05) is 36.4 Å². The fourth-order valence-corrected chi connectivity index (χ4v) is 3.22. The Balaban J connectivity index is 2.20. The molecular formula is C20H14O4. The van der Waals surface area contributed by atoms with E-state index in [4.69, 9.17) is 4.74 Å². The average Bonchev–Trinajstić information content (AvgIpc) is 2.62. The highest BCUT2D eigenvalue weighted by Crippen LogP contribution is 2.45. The molecule has 0 unspecified atom stereocenters. The Morgan fingerprint density at radius 1 is 0.917 bits per heavy atom. The van der Waals surface area contributed by atoms with Crippen LogP contribution >= 0.6 is 0 Å². The molecule has 2 N–H and O–H groups in total. The van der Waals surface area contributed by atoms with Gasteiger partial charge in [0.15, 0.2) is 17.3 Å². The van der Waals surface area contributed by atoms with Gasteiger partial charge in [-0.3, -0.25) is 4.79 Å². The number of ether oxygens (including phenoxy) is 1. The minimum Gasteiger partial charge on any atom is -0.504 e. The molecule has 1 aliphatic carbocycles. The maximum atomic E-state index is 12.3.